The summed E-state index contributed by atoms with van der Waals surface area (Å²) >= 11 is 0. The molecule has 0 amide bonds. The first kappa shape index (κ1) is 13.4. The number of ether oxygens (including phenoxy) is 1. The summed E-state index contributed by atoms with van der Waals surface area (Å²) in [6.45, 7) is 5.98. The van der Waals surface area contributed by atoms with Crippen molar-refractivity contribution in [2.75, 3.05) is 7.11 Å². The zero-order valence-electron chi connectivity index (χ0n) is 9.67. The van der Waals surface area contributed by atoms with Gasteiger partial charge in [-0.05, 0) is 19.3 Å². The summed E-state index contributed by atoms with van der Waals surface area (Å²) in [5.74, 6) is 0.295. The minimum absolute atomic E-state index is 0.0849. The van der Waals surface area contributed by atoms with E-state index in [-0.39, 0.29) is 12.4 Å². The zero-order chi connectivity index (χ0) is 11.2. The second-order valence-corrected chi connectivity index (χ2v) is 4.54. The summed E-state index contributed by atoms with van der Waals surface area (Å²) in [6.07, 6.45) is 2.76. The summed E-state index contributed by atoms with van der Waals surface area (Å²) < 4.78 is 4.51. The Morgan fingerprint density at radius 3 is 2.50 bits per heavy atom. The van der Waals surface area contributed by atoms with Crippen LogP contribution < -0.4 is 0 Å². The molecule has 0 aliphatic carbocycles. The molecule has 14 heavy (non-hydrogen) atoms. The highest BCUT2D eigenvalue weighted by molar-refractivity contribution is 5.70. The average Bonchev–Trinajstić information content (AvgIpc) is 2.02. The molecule has 0 aromatic heterocycles. The summed E-state index contributed by atoms with van der Waals surface area (Å²) in [4.78, 5) is 10.9. The molecule has 0 saturated heterocycles. The third kappa shape index (κ3) is 6.89. The van der Waals surface area contributed by atoms with Crippen molar-refractivity contribution in [3.63, 3.8) is 0 Å². The van der Waals surface area contributed by atoms with Crippen LogP contribution in [0.1, 0.15) is 46.5 Å². The Balaban J connectivity index is 3.77. The van der Waals surface area contributed by atoms with Gasteiger partial charge in [0.1, 0.15) is 0 Å². The fraction of sp³-hybridized carbons (Fsp3) is 0.909. The Hall–Kier alpha value is -0.570. The fourth-order valence-corrected chi connectivity index (χ4v) is 1.36. The van der Waals surface area contributed by atoms with Crippen molar-refractivity contribution in [2.45, 2.75) is 52.1 Å². The van der Waals surface area contributed by atoms with E-state index < -0.39 is 5.60 Å². The van der Waals surface area contributed by atoms with Gasteiger partial charge in [-0.2, -0.15) is 0 Å². The largest absolute Gasteiger partial charge is 0.469 e. The number of aliphatic hydroxyl groups is 1. The van der Waals surface area contributed by atoms with E-state index in [9.17, 15) is 9.90 Å². The molecule has 1 atom stereocenters. The Kier molecular flexibility index (Phi) is 5.77. The van der Waals surface area contributed by atoms with Gasteiger partial charge in [0.05, 0.1) is 19.1 Å². The molecule has 0 aromatic carbocycles. The van der Waals surface area contributed by atoms with Gasteiger partial charge in [0, 0.05) is 0 Å². The lowest BCUT2D eigenvalue weighted by molar-refractivity contribution is -0.145. The number of hydrogen-bond acceptors (Lipinski definition) is 3. The summed E-state index contributed by atoms with van der Waals surface area (Å²) in [5, 5.41) is 9.83. The Bertz CT molecular complexity index is 173. The topological polar surface area (TPSA) is 46.5 Å². The van der Waals surface area contributed by atoms with Crippen LogP contribution in [0.5, 0.6) is 0 Å². The Morgan fingerprint density at radius 1 is 1.50 bits per heavy atom. The van der Waals surface area contributed by atoms with Crippen molar-refractivity contribution >= 4 is 5.97 Å². The summed E-state index contributed by atoms with van der Waals surface area (Å²) in [5.41, 5.74) is -0.915. The zero-order valence-corrected chi connectivity index (χ0v) is 9.67. The fourth-order valence-electron chi connectivity index (χ4n) is 1.36. The van der Waals surface area contributed by atoms with E-state index >= 15 is 0 Å². The lowest BCUT2D eigenvalue weighted by atomic mass is 9.93. The molecule has 0 unspecified atom stereocenters. The SMILES string of the molecule is COC(=O)C[C@@](C)(O)CCCC(C)C. The van der Waals surface area contributed by atoms with Gasteiger partial charge in [-0.15, -0.1) is 0 Å². The molecule has 3 nitrogen and oxygen atoms in total. The molecule has 0 saturated carbocycles. The maximum absolute atomic E-state index is 10.9. The minimum Gasteiger partial charge on any atom is -0.469 e. The molecule has 84 valence electrons. The van der Waals surface area contributed by atoms with Crippen LogP contribution in [0, 0.1) is 5.92 Å². The van der Waals surface area contributed by atoms with Crippen LogP contribution in [0.25, 0.3) is 0 Å². The molecule has 0 aliphatic rings. The van der Waals surface area contributed by atoms with E-state index in [4.69, 9.17) is 0 Å². The van der Waals surface area contributed by atoms with E-state index in [1.165, 1.54) is 7.11 Å². The number of rotatable bonds is 6. The van der Waals surface area contributed by atoms with E-state index in [0.29, 0.717) is 12.3 Å². The molecule has 1 N–H and O–H groups in total. The maximum Gasteiger partial charge on any atom is 0.308 e. The summed E-state index contributed by atoms with van der Waals surface area (Å²) in [7, 11) is 1.34. The van der Waals surface area contributed by atoms with Gasteiger partial charge in [-0.25, -0.2) is 0 Å². The van der Waals surface area contributed by atoms with Crippen LogP contribution in [0.15, 0.2) is 0 Å². The van der Waals surface area contributed by atoms with Gasteiger partial charge < -0.3 is 9.84 Å². The van der Waals surface area contributed by atoms with Crippen molar-refractivity contribution in [1.82, 2.24) is 0 Å². The van der Waals surface area contributed by atoms with Crippen molar-refractivity contribution in [2.24, 2.45) is 5.92 Å². The second-order valence-electron chi connectivity index (χ2n) is 4.54. The van der Waals surface area contributed by atoms with Gasteiger partial charge in [0.25, 0.3) is 0 Å². The highest BCUT2D eigenvalue weighted by atomic mass is 16.5. The Labute approximate surface area is 86.5 Å². The summed E-state index contributed by atoms with van der Waals surface area (Å²) in [6, 6.07) is 0. The molecular weight excluding hydrogens is 180 g/mol. The van der Waals surface area contributed by atoms with E-state index in [0.717, 1.165) is 12.8 Å². The Morgan fingerprint density at radius 2 is 2.07 bits per heavy atom. The molecule has 0 rings (SSSR count). The van der Waals surface area contributed by atoms with Crippen molar-refractivity contribution in [3.8, 4) is 0 Å². The normalized spacial score (nSPS) is 15.3. The second kappa shape index (κ2) is 6.02. The van der Waals surface area contributed by atoms with E-state index in [1.54, 1.807) is 6.92 Å². The standard InChI is InChI=1S/C11H22O3/c1-9(2)6-5-7-11(3,13)8-10(12)14-4/h9,13H,5-8H2,1-4H3/t11-/m0/s1. The lowest BCUT2D eigenvalue weighted by Crippen LogP contribution is -2.28. The predicted octanol–water partition coefficient (Wildman–Crippen LogP) is 2.13. The average molecular weight is 202 g/mol. The minimum atomic E-state index is -0.915. The first-order valence-corrected chi connectivity index (χ1v) is 5.16. The van der Waals surface area contributed by atoms with Gasteiger partial charge in [-0.3, -0.25) is 4.79 Å². The third-order valence-electron chi connectivity index (χ3n) is 2.25. The molecular formula is C11H22O3. The van der Waals surface area contributed by atoms with Crippen LogP contribution >= 0.6 is 0 Å². The molecule has 0 aliphatic heterocycles. The van der Waals surface area contributed by atoms with E-state index in [1.807, 2.05) is 0 Å². The highest BCUT2D eigenvalue weighted by Crippen LogP contribution is 2.20. The molecule has 0 bridgehead atoms. The molecule has 3 heteroatoms. The van der Waals surface area contributed by atoms with Crippen molar-refractivity contribution in [1.29, 1.82) is 0 Å². The molecule has 0 aromatic rings. The first-order valence-electron chi connectivity index (χ1n) is 5.16. The number of hydrogen-bond donors (Lipinski definition) is 1. The van der Waals surface area contributed by atoms with Crippen molar-refractivity contribution in [3.05, 3.63) is 0 Å². The molecule has 0 fully saturated rings. The van der Waals surface area contributed by atoms with Crippen LogP contribution in [0.4, 0.5) is 0 Å². The third-order valence-corrected chi connectivity index (χ3v) is 2.25. The predicted molar refractivity (Wildman–Crippen MR) is 55.9 cm³/mol. The van der Waals surface area contributed by atoms with Crippen molar-refractivity contribution < 1.29 is 14.6 Å². The van der Waals surface area contributed by atoms with Gasteiger partial charge in [0.15, 0.2) is 0 Å². The smallest absolute Gasteiger partial charge is 0.308 e. The monoisotopic (exact) mass is 202 g/mol. The lowest BCUT2D eigenvalue weighted by Gasteiger charge is -2.22. The van der Waals surface area contributed by atoms with Gasteiger partial charge in [-0.1, -0.05) is 26.7 Å². The number of esters is 1. The first-order chi connectivity index (χ1) is 6.37. The van der Waals surface area contributed by atoms with Crippen LogP contribution in [0.3, 0.4) is 0 Å². The molecule has 0 spiro atoms. The molecule has 0 radical (unpaired) electrons. The number of carbonyl (C=O) groups excluding carboxylic acids is 1. The maximum atomic E-state index is 10.9. The van der Waals surface area contributed by atoms with Gasteiger partial charge in [0.2, 0.25) is 0 Å². The van der Waals surface area contributed by atoms with Crippen LogP contribution in [-0.2, 0) is 9.53 Å². The van der Waals surface area contributed by atoms with Crippen LogP contribution in [0.2, 0.25) is 0 Å². The van der Waals surface area contributed by atoms with E-state index in [2.05, 4.69) is 18.6 Å². The van der Waals surface area contributed by atoms with Gasteiger partial charge >= 0.3 is 5.97 Å². The number of carbonyl (C=O) groups is 1. The van der Waals surface area contributed by atoms with Crippen LogP contribution in [-0.4, -0.2) is 23.8 Å². The number of methoxy groups -OCH3 is 1. The molecule has 0 heterocycles. The quantitative estimate of drug-likeness (QED) is 0.671. The highest BCUT2D eigenvalue weighted by Gasteiger charge is 2.24.